The molecule has 158 valence electrons. The van der Waals surface area contributed by atoms with Gasteiger partial charge in [0.2, 0.25) is 11.9 Å². The summed E-state index contributed by atoms with van der Waals surface area (Å²) in [6, 6.07) is 11.3. The Morgan fingerprint density at radius 2 is 1.87 bits per heavy atom. The van der Waals surface area contributed by atoms with Crippen LogP contribution in [0.3, 0.4) is 0 Å². The van der Waals surface area contributed by atoms with Crippen LogP contribution in [0.1, 0.15) is 12.7 Å². The van der Waals surface area contributed by atoms with Gasteiger partial charge in [-0.2, -0.15) is 15.0 Å². The molecule has 0 unspecified atom stereocenters. The third kappa shape index (κ3) is 4.72. The van der Waals surface area contributed by atoms with Crippen LogP contribution in [0.2, 0.25) is 0 Å². The van der Waals surface area contributed by atoms with Crippen LogP contribution in [0.15, 0.2) is 53.9 Å². The predicted molar refractivity (Wildman–Crippen MR) is 119 cm³/mol. The molecule has 0 amide bonds. The Bertz CT molecular complexity index is 1170. The second kappa shape index (κ2) is 9.39. The van der Waals surface area contributed by atoms with Gasteiger partial charge >= 0.3 is 0 Å². The monoisotopic (exact) mass is 435 g/mol. The number of methoxy groups -OCH3 is 1. The normalized spacial score (nSPS) is 10.8. The van der Waals surface area contributed by atoms with Gasteiger partial charge in [-0.15, -0.1) is 10.2 Å². The first-order valence-electron chi connectivity index (χ1n) is 9.54. The van der Waals surface area contributed by atoms with E-state index in [0.717, 1.165) is 28.8 Å². The maximum absolute atomic E-state index is 5.91. The first-order chi connectivity index (χ1) is 15.2. The number of hydrogen-bond acceptors (Lipinski definition) is 10. The third-order valence-electron chi connectivity index (χ3n) is 4.35. The van der Waals surface area contributed by atoms with Crippen molar-refractivity contribution in [3.8, 4) is 17.1 Å². The van der Waals surface area contributed by atoms with E-state index in [9.17, 15) is 0 Å². The highest BCUT2D eigenvalue weighted by Gasteiger charge is 2.15. The number of anilines is 3. The number of hydrogen-bond donors (Lipinski definition) is 2. The van der Waals surface area contributed by atoms with Crippen LogP contribution in [0.5, 0.6) is 5.75 Å². The molecule has 31 heavy (non-hydrogen) atoms. The van der Waals surface area contributed by atoms with E-state index in [4.69, 9.17) is 10.5 Å². The lowest BCUT2D eigenvalue weighted by molar-refractivity contribution is 0.417. The van der Waals surface area contributed by atoms with Gasteiger partial charge in [0.1, 0.15) is 11.6 Å². The summed E-state index contributed by atoms with van der Waals surface area (Å²) < 4.78 is 7.40. The van der Waals surface area contributed by atoms with E-state index < -0.39 is 0 Å². The Balaban J connectivity index is 1.52. The highest BCUT2D eigenvalue weighted by Crippen LogP contribution is 2.27. The molecule has 11 heteroatoms. The lowest BCUT2D eigenvalue weighted by Crippen LogP contribution is -2.07. The van der Waals surface area contributed by atoms with Crippen LogP contribution in [-0.4, -0.2) is 41.8 Å². The van der Waals surface area contributed by atoms with Gasteiger partial charge < -0.3 is 20.4 Å². The van der Waals surface area contributed by atoms with Crippen LogP contribution in [0.25, 0.3) is 11.4 Å². The van der Waals surface area contributed by atoms with Crippen molar-refractivity contribution in [2.75, 3.05) is 18.2 Å². The average molecular weight is 436 g/mol. The molecule has 0 bridgehead atoms. The molecular weight excluding hydrogens is 414 g/mol. The first-order valence-corrected chi connectivity index (χ1v) is 10.5. The summed E-state index contributed by atoms with van der Waals surface area (Å²) in [7, 11) is 1.61. The largest absolute Gasteiger partial charge is 0.495 e. The van der Waals surface area contributed by atoms with Crippen molar-refractivity contribution in [1.29, 1.82) is 0 Å². The number of rotatable bonds is 8. The number of pyridine rings is 1. The first kappa shape index (κ1) is 20.5. The molecule has 3 heterocycles. The molecule has 4 rings (SSSR count). The van der Waals surface area contributed by atoms with Gasteiger partial charge in [0.05, 0.1) is 18.6 Å². The molecule has 0 aliphatic rings. The van der Waals surface area contributed by atoms with E-state index in [0.29, 0.717) is 23.3 Å². The van der Waals surface area contributed by atoms with Gasteiger partial charge in [0.15, 0.2) is 11.0 Å². The SMILES string of the molecule is CCn1c(SCc2nc(N)nc(Nc3ccccc3OC)n2)nnc1-c1ccncc1. The van der Waals surface area contributed by atoms with Gasteiger partial charge in [0.25, 0.3) is 0 Å². The average Bonchev–Trinajstić information content (AvgIpc) is 3.21. The predicted octanol–water partition coefficient (Wildman–Crippen LogP) is 3.17. The number of para-hydroxylation sites is 2. The van der Waals surface area contributed by atoms with Crippen molar-refractivity contribution in [3.05, 3.63) is 54.6 Å². The third-order valence-corrected chi connectivity index (χ3v) is 5.32. The number of nitrogens with one attached hydrogen (secondary N) is 1. The molecule has 3 N–H and O–H groups in total. The molecule has 0 aliphatic heterocycles. The number of nitrogen functional groups attached to an aromatic ring is 1. The summed E-state index contributed by atoms with van der Waals surface area (Å²) in [5.74, 6) is 2.95. The molecule has 0 saturated carbocycles. The van der Waals surface area contributed by atoms with Crippen molar-refractivity contribution in [1.82, 2.24) is 34.7 Å². The standard InChI is InChI=1S/C20H21N9OS/c1-3-29-17(13-8-10-22-11-9-13)27-28-20(29)31-12-16-24-18(21)26-19(25-16)23-14-6-4-5-7-15(14)30-2/h4-11H,3,12H2,1-2H3,(H3,21,23,24,25,26). The van der Waals surface area contributed by atoms with Gasteiger partial charge in [-0.05, 0) is 31.2 Å². The lowest BCUT2D eigenvalue weighted by Gasteiger charge is -2.11. The molecule has 1 aromatic carbocycles. The van der Waals surface area contributed by atoms with Crippen molar-refractivity contribution >= 4 is 29.3 Å². The molecular formula is C20H21N9OS. The quantitative estimate of drug-likeness (QED) is 0.398. The molecule has 0 spiro atoms. The summed E-state index contributed by atoms with van der Waals surface area (Å²) in [6.45, 7) is 2.78. The number of thioether (sulfide) groups is 1. The number of nitrogens with two attached hydrogens (primary N) is 1. The number of ether oxygens (including phenoxy) is 1. The van der Waals surface area contributed by atoms with E-state index in [-0.39, 0.29) is 5.95 Å². The van der Waals surface area contributed by atoms with Gasteiger partial charge in [-0.3, -0.25) is 4.98 Å². The van der Waals surface area contributed by atoms with Crippen LogP contribution in [-0.2, 0) is 12.3 Å². The van der Waals surface area contributed by atoms with E-state index in [1.807, 2.05) is 47.9 Å². The number of nitrogens with zero attached hydrogens (tertiary/aromatic N) is 7. The van der Waals surface area contributed by atoms with E-state index >= 15 is 0 Å². The minimum absolute atomic E-state index is 0.137. The second-order valence-corrected chi connectivity index (χ2v) is 7.28. The molecule has 0 saturated heterocycles. The minimum Gasteiger partial charge on any atom is -0.495 e. The topological polar surface area (TPSA) is 130 Å². The fourth-order valence-electron chi connectivity index (χ4n) is 2.95. The molecule has 3 aromatic heterocycles. The zero-order chi connectivity index (χ0) is 21.6. The highest BCUT2D eigenvalue weighted by molar-refractivity contribution is 7.98. The Morgan fingerprint density at radius 1 is 1.06 bits per heavy atom. The Hall–Kier alpha value is -3.73. The zero-order valence-corrected chi connectivity index (χ0v) is 17.9. The van der Waals surface area contributed by atoms with Gasteiger partial charge in [-0.1, -0.05) is 23.9 Å². The van der Waals surface area contributed by atoms with E-state index in [1.165, 1.54) is 11.8 Å². The molecule has 0 atom stereocenters. The van der Waals surface area contributed by atoms with Crippen molar-refractivity contribution in [2.24, 2.45) is 0 Å². The molecule has 0 aliphatic carbocycles. The molecule has 0 fully saturated rings. The summed E-state index contributed by atoms with van der Waals surface area (Å²) in [5.41, 5.74) is 7.61. The van der Waals surface area contributed by atoms with Crippen molar-refractivity contribution in [3.63, 3.8) is 0 Å². The lowest BCUT2D eigenvalue weighted by atomic mass is 10.2. The Kier molecular flexibility index (Phi) is 6.22. The van der Waals surface area contributed by atoms with Crippen LogP contribution >= 0.6 is 11.8 Å². The van der Waals surface area contributed by atoms with Crippen LogP contribution in [0.4, 0.5) is 17.6 Å². The summed E-state index contributed by atoms with van der Waals surface area (Å²) in [6.07, 6.45) is 3.47. The fourth-order valence-corrected chi connectivity index (χ4v) is 3.81. The number of benzene rings is 1. The minimum atomic E-state index is 0.137. The van der Waals surface area contributed by atoms with Gasteiger partial charge in [-0.25, -0.2) is 0 Å². The maximum atomic E-state index is 5.91. The van der Waals surface area contributed by atoms with E-state index in [1.54, 1.807) is 19.5 Å². The maximum Gasteiger partial charge on any atom is 0.232 e. The molecule has 4 aromatic rings. The highest BCUT2D eigenvalue weighted by atomic mass is 32.2. The summed E-state index contributed by atoms with van der Waals surface area (Å²) in [4.78, 5) is 17.0. The smallest absolute Gasteiger partial charge is 0.232 e. The fraction of sp³-hybridized carbons (Fsp3) is 0.200. The summed E-state index contributed by atoms with van der Waals surface area (Å²) >= 11 is 1.48. The van der Waals surface area contributed by atoms with Crippen molar-refractivity contribution < 1.29 is 4.74 Å². The van der Waals surface area contributed by atoms with Crippen LogP contribution in [0, 0.1) is 0 Å². The number of aromatic nitrogens is 7. The molecule has 10 nitrogen and oxygen atoms in total. The zero-order valence-electron chi connectivity index (χ0n) is 17.1. The van der Waals surface area contributed by atoms with Gasteiger partial charge in [0, 0.05) is 24.5 Å². The Morgan fingerprint density at radius 3 is 2.65 bits per heavy atom. The van der Waals surface area contributed by atoms with E-state index in [2.05, 4.69) is 35.5 Å². The Labute approximate surface area is 183 Å². The second-order valence-electron chi connectivity index (χ2n) is 6.33. The summed E-state index contributed by atoms with van der Waals surface area (Å²) in [5, 5.41) is 12.6. The van der Waals surface area contributed by atoms with Crippen LogP contribution < -0.4 is 15.8 Å². The van der Waals surface area contributed by atoms with Crippen molar-refractivity contribution in [2.45, 2.75) is 24.4 Å². The molecule has 0 radical (unpaired) electrons.